The number of imidazole rings is 1. The van der Waals surface area contributed by atoms with Crippen LogP contribution in [0.3, 0.4) is 0 Å². The number of pyridine rings is 1. The fraction of sp³-hybridized carbons (Fsp3) is 0.136. The molecule has 1 aliphatic heterocycles. The van der Waals surface area contributed by atoms with Crippen LogP contribution >= 0.6 is 18.5 Å². The summed E-state index contributed by atoms with van der Waals surface area (Å²) in [5.41, 5.74) is 4.20. The van der Waals surface area contributed by atoms with Crippen LogP contribution in [0.25, 0.3) is 17.0 Å². The van der Waals surface area contributed by atoms with E-state index in [1.54, 1.807) is 15.7 Å². The van der Waals surface area contributed by atoms with Crippen molar-refractivity contribution in [1.82, 2.24) is 34.7 Å². The van der Waals surface area contributed by atoms with Crippen LogP contribution in [0.5, 0.6) is 0 Å². The molecule has 33 heavy (non-hydrogen) atoms. The number of carbonyl (C=O) groups is 1. The minimum atomic E-state index is -0.460. The van der Waals surface area contributed by atoms with Crippen LogP contribution in [0.4, 0.5) is 0 Å². The fourth-order valence-corrected chi connectivity index (χ4v) is 4.60. The summed E-state index contributed by atoms with van der Waals surface area (Å²) in [7, 11) is 5.33. The van der Waals surface area contributed by atoms with E-state index < -0.39 is 6.04 Å². The summed E-state index contributed by atoms with van der Waals surface area (Å²) >= 11 is 0. The smallest absolute Gasteiger partial charge is 0.312 e. The largest absolute Gasteiger partial charge is 0.412 e. The Bertz CT molecular complexity index is 1470. The molecule has 1 N–H and O–H groups in total. The number of aromatic nitrogens is 6. The first kappa shape index (κ1) is 20.2. The molecule has 0 spiro atoms. The summed E-state index contributed by atoms with van der Waals surface area (Å²) < 4.78 is 7.60. The number of rotatable bonds is 3. The van der Waals surface area contributed by atoms with Gasteiger partial charge in [-0.25, -0.2) is 9.50 Å². The van der Waals surface area contributed by atoms with Gasteiger partial charge in [-0.1, -0.05) is 12.1 Å². The summed E-state index contributed by atoms with van der Waals surface area (Å²) in [6.07, 6.45) is 4.18. The van der Waals surface area contributed by atoms with Gasteiger partial charge in [-0.05, 0) is 40.9 Å². The minimum Gasteiger partial charge on any atom is -0.412 e. The second-order valence-corrected chi connectivity index (χ2v) is 9.06. The molecule has 0 saturated carbocycles. The molecule has 0 saturated heterocycles. The van der Waals surface area contributed by atoms with Gasteiger partial charge in [-0.15, -0.1) is 28.7 Å². The molecule has 1 amide bonds. The monoisotopic (exact) mass is 475 g/mol. The number of aromatic amines is 1. The van der Waals surface area contributed by atoms with Crippen molar-refractivity contribution in [2.24, 2.45) is 0 Å². The molecule has 4 aromatic heterocycles. The summed E-state index contributed by atoms with van der Waals surface area (Å²) in [6, 6.07) is 13.1. The van der Waals surface area contributed by atoms with Gasteiger partial charge in [0.25, 0.3) is 0 Å². The number of hydrogen-bond acceptors (Lipinski definition) is 6. The highest BCUT2D eigenvalue weighted by molar-refractivity contribution is 7.35. The molecule has 0 bridgehead atoms. The Balaban J connectivity index is 1.38. The lowest BCUT2D eigenvalue weighted by molar-refractivity contribution is 0.0646. The molecule has 11 heteroatoms. The third-order valence-electron chi connectivity index (χ3n) is 5.80. The van der Waals surface area contributed by atoms with Crippen LogP contribution in [-0.2, 0) is 6.42 Å². The zero-order valence-electron chi connectivity index (χ0n) is 17.3. The van der Waals surface area contributed by atoms with Crippen molar-refractivity contribution in [2.75, 3.05) is 6.54 Å². The average Bonchev–Trinajstić information content (AvgIpc) is 3.58. The number of fused-ring (bicyclic) bond motifs is 2. The topological polar surface area (TPSA) is 105 Å². The maximum atomic E-state index is 13.5. The van der Waals surface area contributed by atoms with Gasteiger partial charge < -0.3 is 14.3 Å². The molecule has 1 aromatic carbocycles. The number of carbonyl (C=O) groups excluding carboxylic acids is 1. The number of nitrogens with zero attached hydrogens (tertiary/aromatic N) is 6. The van der Waals surface area contributed by atoms with Gasteiger partial charge in [0.05, 0.1) is 23.2 Å². The van der Waals surface area contributed by atoms with Gasteiger partial charge in [0, 0.05) is 30.4 Å². The maximum absolute atomic E-state index is 13.5. The molecular formula is C22H19N7O2P2. The first-order valence-electron chi connectivity index (χ1n) is 10.3. The molecule has 9 nitrogen and oxygen atoms in total. The van der Waals surface area contributed by atoms with Crippen LogP contribution in [0.1, 0.15) is 33.8 Å². The van der Waals surface area contributed by atoms with Crippen molar-refractivity contribution in [1.29, 1.82) is 0 Å². The number of nitrogens with one attached hydrogen (secondary N) is 1. The molecule has 2 unspecified atom stereocenters. The highest BCUT2D eigenvalue weighted by Crippen LogP contribution is 2.34. The number of benzene rings is 1. The highest BCUT2D eigenvalue weighted by Gasteiger charge is 2.38. The minimum absolute atomic E-state index is 0.0574. The zero-order valence-corrected chi connectivity index (χ0v) is 19.7. The van der Waals surface area contributed by atoms with E-state index in [2.05, 4.69) is 38.6 Å². The molecule has 6 rings (SSSR count). The van der Waals surface area contributed by atoms with Crippen molar-refractivity contribution in [3.63, 3.8) is 0 Å². The molecule has 5 heterocycles. The van der Waals surface area contributed by atoms with Gasteiger partial charge in [0.15, 0.2) is 0 Å². The standard InChI is InChI=1S/C22H19N7O2P2/c30-22(21-26-25-20(31-21)12-4-5-16(32)17(33)9-12)28-8-6-14-18(24-11-23-14)19(28)15-10-13-3-1-2-7-29(13)27-15/h1-5,7,9-11,19H,6,8,32-33H2,(H,23,24)/t19-/m1/s1. The van der Waals surface area contributed by atoms with Gasteiger partial charge in [-0.2, -0.15) is 5.10 Å². The first-order valence-corrected chi connectivity index (χ1v) is 11.5. The third-order valence-corrected chi connectivity index (χ3v) is 7.16. The Labute approximate surface area is 193 Å². The Morgan fingerprint density at radius 3 is 2.88 bits per heavy atom. The molecule has 0 aliphatic carbocycles. The van der Waals surface area contributed by atoms with Crippen LogP contribution in [-0.4, -0.2) is 47.1 Å². The molecule has 3 atom stereocenters. The van der Waals surface area contributed by atoms with Gasteiger partial charge >= 0.3 is 11.8 Å². The van der Waals surface area contributed by atoms with Crippen molar-refractivity contribution < 1.29 is 9.21 Å². The molecular weight excluding hydrogens is 456 g/mol. The van der Waals surface area contributed by atoms with Crippen molar-refractivity contribution in [3.8, 4) is 11.5 Å². The van der Waals surface area contributed by atoms with E-state index in [9.17, 15) is 4.79 Å². The van der Waals surface area contributed by atoms with Crippen LogP contribution in [0.15, 0.2) is 59.4 Å². The predicted octanol–water partition coefficient (Wildman–Crippen LogP) is 1.90. The number of hydrogen-bond donors (Lipinski definition) is 1. The zero-order chi connectivity index (χ0) is 22.5. The summed E-state index contributed by atoms with van der Waals surface area (Å²) in [6.45, 7) is 0.474. The normalized spacial score (nSPS) is 15.7. The predicted molar refractivity (Wildman–Crippen MR) is 129 cm³/mol. The van der Waals surface area contributed by atoms with E-state index in [-0.39, 0.29) is 11.8 Å². The van der Waals surface area contributed by atoms with Crippen molar-refractivity contribution >= 4 is 40.5 Å². The number of H-pyrrole nitrogens is 1. The number of amides is 1. The van der Waals surface area contributed by atoms with Crippen LogP contribution < -0.4 is 10.6 Å². The molecule has 0 radical (unpaired) electrons. The Kier molecular flexibility index (Phi) is 4.82. The Morgan fingerprint density at radius 1 is 1.12 bits per heavy atom. The Hall–Kier alpha value is -3.41. The lowest BCUT2D eigenvalue weighted by Crippen LogP contribution is -2.41. The van der Waals surface area contributed by atoms with Gasteiger partial charge in [-0.3, -0.25) is 4.79 Å². The van der Waals surface area contributed by atoms with Crippen molar-refractivity contribution in [3.05, 3.63) is 78.0 Å². The van der Waals surface area contributed by atoms with E-state index in [0.717, 1.165) is 38.8 Å². The second-order valence-electron chi connectivity index (χ2n) is 7.81. The Morgan fingerprint density at radius 2 is 2.03 bits per heavy atom. The molecule has 0 fully saturated rings. The molecule has 1 aliphatic rings. The van der Waals surface area contributed by atoms with E-state index >= 15 is 0 Å². The van der Waals surface area contributed by atoms with E-state index in [4.69, 9.17) is 9.52 Å². The summed E-state index contributed by atoms with van der Waals surface area (Å²) in [4.78, 5) is 22.9. The van der Waals surface area contributed by atoms with Crippen LogP contribution in [0.2, 0.25) is 0 Å². The lowest BCUT2D eigenvalue weighted by atomic mass is 9.99. The average molecular weight is 475 g/mol. The fourth-order valence-electron chi connectivity index (χ4n) is 4.14. The lowest BCUT2D eigenvalue weighted by Gasteiger charge is -2.32. The van der Waals surface area contributed by atoms with E-state index in [1.165, 1.54) is 0 Å². The SMILES string of the molecule is O=C(c1nnc(-c2ccc(P)c(P)c2)o1)N1CCc2[nH]cnc2[C@H]1c1cc2ccccn2n1. The van der Waals surface area contributed by atoms with Crippen molar-refractivity contribution in [2.45, 2.75) is 12.5 Å². The van der Waals surface area contributed by atoms with Gasteiger partial charge in [0.2, 0.25) is 5.89 Å². The van der Waals surface area contributed by atoms with E-state index in [0.29, 0.717) is 18.9 Å². The quantitative estimate of drug-likeness (QED) is 0.400. The first-order chi connectivity index (χ1) is 16.1. The highest BCUT2D eigenvalue weighted by atomic mass is 31.0. The summed E-state index contributed by atoms with van der Waals surface area (Å²) in [5.74, 6) is -0.106. The second kappa shape index (κ2) is 7.87. The third kappa shape index (κ3) is 3.45. The van der Waals surface area contributed by atoms with Gasteiger partial charge in [0.1, 0.15) is 6.04 Å². The maximum Gasteiger partial charge on any atom is 0.312 e. The van der Waals surface area contributed by atoms with Crippen LogP contribution in [0, 0.1) is 0 Å². The molecule has 164 valence electrons. The molecule has 5 aromatic rings. The van der Waals surface area contributed by atoms with E-state index in [1.807, 2.05) is 48.7 Å². The summed E-state index contributed by atoms with van der Waals surface area (Å²) in [5, 5.41) is 14.9.